The van der Waals surface area contributed by atoms with Gasteiger partial charge in [0.25, 0.3) is 0 Å². The average Bonchev–Trinajstić information content (AvgIpc) is 3.15. The Kier molecular flexibility index (Phi) is 7.35. The Hall–Kier alpha value is -2.29. The molecule has 0 aliphatic rings. The summed E-state index contributed by atoms with van der Waals surface area (Å²) in [5.74, 6) is 0.646. The second-order valence-electron chi connectivity index (χ2n) is 6.02. The van der Waals surface area contributed by atoms with Gasteiger partial charge in [0.05, 0.1) is 18.4 Å². The van der Waals surface area contributed by atoms with Gasteiger partial charge in [-0.15, -0.1) is 5.10 Å². The van der Waals surface area contributed by atoms with E-state index in [1.165, 1.54) is 11.8 Å². The van der Waals surface area contributed by atoms with E-state index in [1.54, 1.807) is 22.9 Å². The minimum Gasteiger partial charge on any atom is -0.492 e. The van der Waals surface area contributed by atoms with Crippen LogP contribution in [0.3, 0.4) is 0 Å². The number of thioether (sulfide) groups is 1. The molecule has 152 valence electrons. The van der Waals surface area contributed by atoms with Gasteiger partial charge in [-0.25, -0.2) is 0 Å². The zero-order valence-electron chi connectivity index (χ0n) is 15.8. The van der Waals surface area contributed by atoms with E-state index in [9.17, 15) is 4.79 Å². The zero-order valence-corrected chi connectivity index (χ0v) is 18.1. The minimum absolute atomic E-state index is 0.146. The fourth-order valence-corrected chi connectivity index (χ4v) is 3.94. The smallest absolute Gasteiger partial charge is 0.230 e. The monoisotopic (exact) mass is 451 g/mol. The summed E-state index contributed by atoms with van der Waals surface area (Å²) in [6, 6.07) is 12.4. The second-order valence-corrected chi connectivity index (χ2v) is 7.80. The molecule has 29 heavy (non-hydrogen) atoms. The first-order valence-corrected chi connectivity index (χ1v) is 10.6. The molecule has 0 aliphatic heterocycles. The highest BCUT2D eigenvalue weighted by atomic mass is 35.5. The molecule has 10 heteroatoms. The number of hydrogen-bond acceptors (Lipinski definition) is 6. The number of halogens is 2. The van der Waals surface area contributed by atoms with Gasteiger partial charge in [-0.3, -0.25) is 4.79 Å². The van der Waals surface area contributed by atoms with Crippen LogP contribution in [0.5, 0.6) is 5.75 Å². The molecule has 0 radical (unpaired) electrons. The van der Waals surface area contributed by atoms with Crippen LogP contribution in [0, 0.1) is 0 Å². The molecule has 1 heterocycles. The van der Waals surface area contributed by atoms with Gasteiger partial charge in [-0.1, -0.05) is 53.2 Å². The van der Waals surface area contributed by atoms with Gasteiger partial charge in [-0.05, 0) is 54.1 Å². The van der Waals surface area contributed by atoms with E-state index in [4.69, 9.17) is 27.9 Å². The molecule has 7 nitrogen and oxygen atoms in total. The van der Waals surface area contributed by atoms with Crippen LogP contribution >= 0.6 is 35.0 Å². The number of hydrogen-bond donors (Lipinski definition) is 1. The number of tetrazole rings is 1. The molecule has 0 fully saturated rings. The molecule has 0 bridgehead atoms. The Bertz CT molecular complexity index is 998. The number of carbonyl (C=O) groups excluding carboxylic acids is 1. The quantitative estimate of drug-likeness (QED) is 0.513. The maximum Gasteiger partial charge on any atom is 0.230 e. The number of carbonyl (C=O) groups is 1. The van der Waals surface area contributed by atoms with Crippen LogP contribution in [0.2, 0.25) is 10.0 Å². The van der Waals surface area contributed by atoms with E-state index in [1.807, 2.05) is 38.1 Å². The Morgan fingerprint density at radius 2 is 2.07 bits per heavy atom. The molecule has 1 N–H and O–H groups in total. The van der Waals surface area contributed by atoms with Crippen molar-refractivity contribution < 1.29 is 9.53 Å². The lowest BCUT2D eigenvalue weighted by Crippen LogP contribution is -2.28. The van der Waals surface area contributed by atoms with Crippen LogP contribution in [-0.4, -0.2) is 38.5 Å². The molecule has 1 atom stereocenters. The Balaban J connectivity index is 1.65. The first kappa shape index (κ1) is 21.4. The zero-order chi connectivity index (χ0) is 20.8. The molecule has 1 unspecified atom stereocenters. The Morgan fingerprint density at radius 1 is 1.28 bits per heavy atom. The van der Waals surface area contributed by atoms with Crippen molar-refractivity contribution in [3.05, 3.63) is 58.1 Å². The lowest BCUT2D eigenvalue weighted by molar-refractivity contribution is -0.119. The van der Waals surface area contributed by atoms with Crippen LogP contribution < -0.4 is 10.1 Å². The van der Waals surface area contributed by atoms with Crippen molar-refractivity contribution >= 4 is 40.9 Å². The van der Waals surface area contributed by atoms with Crippen LogP contribution in [0.25, 0.3) is 5.69 Å². The number of nitrogens with zero attached hydrogens (tertiary/aromatic N) is 4. The Labute approximate surface area is 182 Å². The molecule has 1 aromatic heterocycles. The van der Waals surface area contributed by atoms with Crippen molar-refractivity contribution in [3.63, 3.8) is 0 Å². The molecule has 0 aliphatic carbocycles. The van der Waals surface area contributed by atoms with Gasteiger partial charge in [0.2, 0.25) is 11.1 Å². The summed E-state index contributed by atoms with van der Waals surface area (Å²) < 4.78 is 7.19. The van der Waals surface area contributed by atoms with E-state index in [-0.39, 0.29) is 17.7 Å². The first-order chi connectivity index (χ1) is 14.0. The SMILES string of the molecule is CCOc1ccccc1-n1nnnc1SCC(=O)NC(C)c1ccc(Cl)cc1Cl. The number of para-hydroxylation sites is 2. The summed E-state index contributed by atoms with van der Waals surface area (Å²) >= 11 is 13.4. The van der Waals surface area contributed by atoms with Gasteiger partial charge in [0.1, 0.15) is 11.4 Å². The van der Waals surface area contributed by atoms with Crippen molar-refractivity contribution in [1.29, 1.82) is 0 Å². The van der Waals surface area contributed by atoms with Crippen LogP contribution in [0.1, 0.15) is 25.5 Å². The lowest BCUT2D eigenvalue weighted by atomic mass is 10.1. The summed E-state index contributed by atoms with van der Waals surface area (Å²) in [6.45, 7) is 4.29. The predicted molar refractivity (Wildman–Crippen MR) is 114 cm³/mol. The Morgan fingerprint density at radius 3 is 2.83 bits per heavy atom. The van der Waals surface area contributed by atoms with Gasteiger partial charge in [0.15, 0.2) is 0 Å². The molecule has 0 spiro atoms. The molecular formula is C19H19Cl2N5O2S. The molecular weight excluding hydrogens is 433 g/mol. The number of amides is 1. The fraction of sp³-hybridized carbons (Fsp3) is 0.263. The molecule has 1 amide bonds. The highest BCUT2D eigenvalue weighted by Gasteiger charge is 2.17. The third kappa shape index (κ3) is 5.41. The van der Waals surface area contributed by atoms with E-state index >= 15 is 0 Å². The van der Waals surface area contributed by atoms with Crippen molar-refractivity contribution in [1.82, 2.24) is 25.5 Å². The highest BCUT2D eigenvalue weighted by molar-refractivity contribution is 7.99. The first-order valence-electron chi connectivity index (χ1n) is 8.87. The third-order valence-corrected chi connectivity index (χ3v) is 5.45. The molecule has 0 saturated carbocycles. The standard InChI is InChI=1S/C19H19Cl2N5O2S/c1-3-28-17-7-5-4-6-16(17)26-19(23-24-25-26)29-11-18(27)22-12(2)14-9-8-13(20)10-15(14)21/h4-10,12H,3,11H2,1-2H3,(H,22,27). The second kappa shape index (κ2) is 9.96. The maximum atomic E-state index is 12.4. The van der Waals surface area contributed by atoms with Crippen molar-refractivity contribution in [2.24, 2.45) is 0 Å². The lowest BCUT2D eigenvalue weighted by Gasteiger charge is -2.16. The normalized spacial score (nSPS) is 11.9. The van der Waals surface area contributed by atoms with Crippen molar-refractivity contribution in [3.8, 4) is 11.4 Å². The van der Waals surface area contributed by atoms with E-state index < -0.39 is 0 Å². The molecule has 0 saturated heterocycles. The van der Waals surface area contributed by atoms with E-state index in [2.05, 4.69) is 20.8 Å². The van der Waals surface area contributed by atoms with Crippen LogP contribution in [0.15, 0.2) is 47.6 Å². The van der Waals surface area contributed by atoms with Crippen LogP contribution in [0.4, 0.5) is 0 Å². The van der Waals surface area contributed by atoms with E-state index in [0.717, 1.165) is 5.56 Å². The molecule has 3 rings (SSSR count). The maximum absolute atomic E-state index is 12.4. The molecule has 2 aromatic carbocycles. The number of ether oxygens (including phenoxy) is 1. The van der Waals surface area contributed by atoms with Gasteiger partial charge >= 0.3 is 0 Å². The fourth-order valence-electron chi connectivity index (χ4n) is 2.67. The number of benzene rings is 2. The average molecular weight is 452 g/mol. The van der Waals surface area contributed by atoms with Crippen molar-refractivity contribution in [2.45, 2.75) is 25.0 Å². The van der Waals surface area contributed by atoms with E-state index in [0.29, 0.717) is 33.2 Å². The summed E-state index contributed by atoms with van der Waals surface area (Å²) in [4.78, 5) is 12.4. The number of aromatic nitrogens is 4. The minimum atomic E-state index is -0.262. The van der Waals surface area contributed by atoms with Gasteiger partial charge in [-0.2, -0.15) is 4.68 Å². The topological polar surface area (TPSA) is 81.9 Å². The van der Waals surface area contributed by atoms with Gasteiger partial charge < -0.3 is 10.1 Å². The third-order valence-electron chi connectivity index (χ3n) is 3.97. The summed E-state index contributed by atoms with van der Waals surface area (Å²) in [5, 5.41) is 16.2. The summed E-state index contributed by atoms with van der Waals surface area (Å²) in [6.07, 6.45) is 0. The van der Waals surface area contributed by atoms with Gasteiger partial charge in [0, 0.05) is 10.0 Å². The molecule has 3 aromatic rings. The summed E-state index contributed by atoms with van der Waals surface area (Å²) in [5.41, 5.74) is 1.51. The summed E-state index contributed by atoms with van der Waals surface area (Å²) in [7, 11) is 0. The van der Waals surface area contributed by atoms with Crippen molar-refractivity contribution in [2.75, 3.05) is 12.4 Å². The predicted octanol–water partition coefficient (Wildman–Crippen LogP) is 4.34. The highest BCUT2D eigenvalue weighted by Crippen LogP contribution is 2.27. The number of rotatable bonds is 8. The number of nitrogens with one attached hydrogen (secondary N) is 1. The van der Waals surface area contributed by atoms with Crippen LogP contribution in [-0.2, 0) is 4.79 Å². The largest absolute Gasteiger partial charge is 0.492 e.